The molecule has 0 amide bonds. The van der Waals surface area contributed by atoms with E-state index in [1.165, 1.54) is 34.0 Å². The van der Waals surface area contributed by atoms with Gasteiger partial charge >= 0.3 is 0 Å². The average Bonchev–Trinajstić information content (AvgIpc) is 3.19. The van der Waals surface area contributed by atoms with Crippen molar-refractivity contribution < 1.29 is 0 Å². The van der Waals surface area contributed by atoms with Gasteiger partial charge < -0.3 is 15.5 Å². The minimum absolute atomic E-state index is 0. The zero-order valence-corrected chi connectivity index (χ0v) is 20.9. The van der Waals surface area contributed by atoms with Crippen molar-refractivity contribution in [1.82, 2.24) is 20.4 Å². The van der Waals surface area contributed by atoms with Crippen LogP contribution in [0.4, 0.5) is 0 Å². The summed E-state index contributed by atoms with van der Waals surface area (Å²) in [5, 5.41) is 6.81. The molecule has 0 spiro atoms. The number of aliphatic imine (C=N–C) groups is 1. The van der Waals surface area contributed by atoms with Gasteiger partial charge in [-0.05, 0) is 36.7 Å². The van der Waals surface area contributed by atoms with Crippen molar-refractivity contribution in [1.29, 1.82) is 0 Å². The second kappa shape index (κ2) is 12.5. The summed E-state index contributed by atoms with van der Waals surface area (Å²) in [5.74, 6) is 0.841. The second-order valence-corrected chi connectivity index (χ2v) is 8.65. The maximum absolute atomic E-state index is 4.33. The molecule has 1 fully saturated rings. The molecule has 0 saturated carbocycles. The Bertz CT molecular complexity index is 751. The van der Waals surface area contributed by atoms with Gasteiger partial charge in [0, 0.05) is 56.1 Å². The summed E-state index contributed by atoms with van der Waals surface area (Å²) in [6, 6.07) is 13.4. The lowest BCUT2D eigenvalue weighted by atomic mass is 10.1. The molecule has 1 aromatic heterocycles. The van der Waals surface area contributed by atoms with Crippen molar-refractivity contribution in [2.24, 2.45) is 4.99 Å². The van der Waals surface area contributed by atoms with Gasteiger partial charge in [0.2, 0.25) is 0 Å². The first-order chi connectivity index (χ1) is 13.7. The third-order valence-electron chi connectivity index (χ3n) is 5.20. The highest BCUT2D eigenvalue weighted by Gasteiger charge is 2.13. The van der Waals surface area contributed by atoms with Crippen LogP contribution in [0.1, 0.15) is 27.8 Å². The highest BCUT2D eigenvalue weighted by molar-refractivity contribution is 14.0. The van der Waals surface area contributed by atoms with Crippen LogP contribution >= 0.6 is 35.3 Å². The van der Waals surface area contributed by atoms with Crippen molar-refractivity contribution in [3.8, 4) is 0 Å². The summed E-state index contributed by atoms with van der Waals surface area (Å²) in [6.07, 6.45) is 1.10. The van der Waals surface area contributed by atoms with E-state index in [0.717, 1.165) is 45.1 Å². The van der Waals surface area contributed by atoms with E-state index in [1.807, 2.05) is 18.4 Å². The van der Waals surface area contributed by atoms with Crippen LogP contribution in [0.25, 0.3) is 0 Å². The number of guanidine groups is 1. The summed E-state index contributed by atoms with van der Waals surface area (Å²) in [7, 11) is 4.02. The molecule has 5 nitrogen and oxygen atoms in total. The molecule has 2 aromatic rings. The van der Waals surface area contributed by atoms with Gasteiger partial charge in [-0.15, -0.1) is 35.3 Å². The van der Waals surface area contributed by atoms with Crippen LogP contribution in [0.15, 0.2) is 41.4 Å². The summed E-state index contributed by atoms with van der Waals surface area (Å²) < 4.78 is 0. The van der Waals surface area contributed by atoms with Gasteiger partial charge in [0.1, 0.15) is 0 Å². The summed E-state index contributed by atoms with van der Waals surface area (Å²) in [4.78, 5) is 12.0. The van der Waals surface area contributed by atoms with Gasteiger partial charge in [-0.2, -0.15) is 0 Å². The molecule has 0 aliphatic carbocycles. The van der Waals surface area contributed by atoms with Crippen LogP contribution < -0.4 is 10.6 Å². The number of hydrogen-bond donors (Lipinski definition) is 2. The van der Waals surface area contributed by atoms with Gasteiger partial charge in [-0.1, -0.05) is 31.2 Å². The monoisotopic (exact) mass is 527 g/mol. The highest BCUT2D eigenvalue weighted by Crippen LogP contribution is 2.16. The Hall–Kier alpha value is -1.16. The molecular formula is C22H34IN5S. The molecule has 1 aromatic carbocycles. The fourth-order valence-electron chi connectivity index (χ4n) is 3.31. The van der Waals surface area contributed by atoms with E-state index >= 15 is 0 Å². The normalized spacial score (nSPS) is 15.8. The van der Waals surface area contributed by atoms with E-state index in [9.17, 15) is 0 Å². The maximum atomic E-state index is 4.33. The number of nitrogens with zero attached hydrogens (tertiary/aromatic N) is 3. The second-order valence-electron chi connectivity index (χ2n) is 7.40. The molecule has 0 bridgehead atoms. The number of piperazine rings is 1. The van der Waals surface area contributed by atoms with Crippen molar-refractivity contribution in [3.63, 3.8) is 0 Å². The highest BCUT2D eigenvalue weighted by atomic mass is 127. The molecule has 3 rings (SSSR count). The SMILES string of the molecule is CCc1ccc(CNC(=NC)NCc2ccc(CN3CCN(C)CC3)cc2)s1.I. The fraction of sp³-hybridized carbons (Fsp3) is 0.500. The Morgan fingerprint density at radius 2 is 1.55 bits per heavy atom. The number of hydrogen-bond acceptors (Lipinski definition) is 4. The lowest BCUT2D eigenvalue weighted by Gasteiger charge is -2.32. The first-order valence-electron chi connectivity index (χ1n) is 10.2. The van der Waals surface area contributed by atoms with E-state index in [1.54, 1.807) is 0 Å². The van der Waals surface area contributed by atoms with Crippen LogP contribution in [-0.2, 0) is 26.1 Å². The van der Waals surface area contributed by atoms with Crippen LogP contribution in [0.2, 0.25) is 0 Å². The maximum Gasteiger partial charge on any atom is 0.191 e. The zero-order chi connectivity index (χ0) is 19.8. The minimum atomic E-state index is 0. The first kappa shape index (κ1) is 24.1. The van der Waals surface area contributed by atoms with Gasteiger partial charge in [0.15, 0.2) is 5.96 Å². The van der Waals surface area contributed by atoms with Gasteiger partial charge in [-0.3, -0.25) is 9.89 Å². The van der Waals surface area contributed by atoms with E-state index in [2.05, 4.69) is 75.8 Å². The van der Waals surface area contributed by atoms with Gasteiger partial charge in [0.05, 0.1) is 6.54 Å². The molecule has 2 heterocycles. The predicted molar refractivity (Wildman–Crippen MR) is 135 cm³/mol. The quantitative estimate of drug-likeness (QED) is 0.329. The fourth-order valence-corrected chi connectivity index (χ4v) is 4.21. The predicted octanol–water partition coefficient (Wildman–Crippen LogP) is 3.54. The molecule has 7 heteroatoms. The van der Waals surface area contributed by atoms with E-state index in [-0.39, 0.29) is 24.0 Å². The Morgan fingerprint density at radius 3 is 2.17 bits per heavy atom. The molecule has 1 saturated heterocycles. The van der Waals surface area contributed by atoms with Crippen LogP contribution in [0.3, 0.4) is 0 Å². The lowest BCUT2D eigenvalue weighted by molar-refractivity contribution is 0.148. The molecule has 29 heavy (non-hydrogen) atoms. The topological polar surface area (TPSA) is 42.9 Å². The number of nitrogens with one attached hydrogen (secondary N) is 2. The van der Waals surface area contributed by atoms with E-state index in [4.69, 9.17) is 0 Å². The lowest BCUT2D eigenvalue weighted by Crippen LogP contribution is -2.43. The van der Waals surface area contributed by atoms with Gasteiger partial charge in [-0.25, -0.2) is 0 Å². The van der Waals surface area contributed by atoms with Crippen molar-refractivity contribution >= 4 is 41.3 Å². The largest absolute Gasteiger partial charge is 0.352 e. The van der Waals surface area contributed by atoms with Crippen molar-refractivity contribution in [2.45, 2.75) is 33.0 Å². The average molecular weight is 528 g/mol. The van der Waals surface area contributed by atoms with Crippen molar-refractivity contribution in [3.05, 3.63) is 57.3 Å². The molecular weight excluding hydrogens is 493 g/mol. The number of halogens is 1. The molecule has 2 N–H and O–H groups in total. The number of likely N-dealkylation sites (N-methyl/N-ethyl adjacent to an activating group) is 1. The Kier molecular flexibility index (Phi) is 10.4. The van der Waals surface area contributed by atoms with Crippen LogP contribution in [0, 0.1) is 0 Å². The molecule has 0 atom stereocenters. The molecule has 1 aliphatic rings. The number of rotatable bonds is 7. The van der Waals surface area contributed by atoms with Crippen molar-refractivity contribution in [2.75, 3.05) is 40.3 Å². The summed E-state index contributed by atoms with van der Waals surface area (Å²) in [6.45, 7) is 9.48. The molecule has 0 radical (unpaired) electrons. The minimum Gasteiger partial charge on any atom is -0.352 e. The van der Waals surface area contributed by atoms with E-state index < -0.39 is 0 Å². The number of benzene rings is 1. The standard InChI is InChI=1S/C22H33N5S.HI/c1-4-20-9-10-21(28-20)16-25-22(23-2)24-15-18-5-7-19(8-6-18)17-27-13-11-26(3)12-14-27;/h5-10H,4,11-17H2,1-3H3,(H2,23,24,25);1H. The Balaban J connectivity index is 0.00000300. The third kappa shape index (κ3) is 7.88. The van der Waals surface area contributed by atoms with Crippen LogP contribution in [0.5, 0.6) is 0 Å². The van der Waals surface area contributed by atoms with E-state index in [0.29, 0.717) is 0 Å². The Morgan fingerprint density at radius 1 is 0.931 bits per heavy atom. The third-order valence-corrected chi connectivity index (χ3v) is 6.43. The molecule has 0 unspecified atom stereocenters. The van der Waals surface area contributed by atoms with Crippen LogP contribution in [-0.4, -0.2) is 56.0 Å². The first-order valence-corrected chi connectivity index (χ1v) is 11.0. The zero-order valence-electron chi connectivity index (χ0n) is 17.8. The molecule has 160 valence electrons. The van der Waals surface area contributed by atoms with Gasteiger partial charge in [0.25, 0.3) is 0 Å². The summed E-state index contributed by atoms with van der Waals surface area (Å²) >= 11 is 1.86. The number of thiophene rings is 1. The smallest absolute Gasteiger partial charge is 0.191 e. The Labute approximate surface area is 196 Å². The number of aryl methyl sites for hydroxylation is 1. The summed E-state index contributed by atoms with van der Waals surface area (Å²) in [5.41, 5.74) is 2.66. The molecule has 1 aliphatic heterocycles.